The Kier molecular flexibility index (Phi) is 3.73. The van der Waals surface area contributed by atoms with E-state index in [4.69, 9.17) is 5.21 Å². The zero-order chi connectivity index (χ0) is 10.9. The van der Waals surface area contributed by atoms with Crippen molar-refractivity contribution in [2.24, 2.45) is 16.5 Å². The minimum Gasteiger partial charge on any atom is -0.411 e. The molecule has 1 N–H and O–H groups in total. The van der Waals surface area contributed by atoms with E-state index in [1.165, 1.54) is 0 Å². The molecule has 0 aliphatic heterocycles. The third kappa shape index (κ3) is 2.56. The summed E-state index contributed by atoms with van der Waals surface area (Å²) in [4.78, 5) is 0. The van der Waals surface area contributed by atoms with Crippen molar-refractivity contribution in [3.63, 3.8) is 0 Å². The summed E-state index contributed by atoms with van der Waals surface area (Å²) < 4.78 is 0. The summed E-state index contributed by atoms with van der Waals surface area (Å²) in [7, 11) is 1.01. The van der Waals surface area contributed by atoms with E-state index in [9.17, 15) is 0 Å². The number of rotatable bonds is 2. The van der Waals surface area contributed by atoms with Crippen molar-refractivity contribution in [3.8, 4) is 0 Å². The van der Waals surface area contributed by atoms with E-state index in [0.717, 1.165) is 16.0 Å². The summed E-state index contributed by atoms with van der Waals surface area (Å²) in [5, 5.41) is 12.5. The summed E-state index contributed by atoms with van der Waals surface area (Å²) in [6.07, 6.45) is 0. The highest BCUT2D eigenvalue weighted by molar-refractivity contribution is 6.30. The van der Waals surface area contributed by atoms with Crippen LogP contribution < -0.4 is 0 Å². The fourth-order valence-corrected chi connectivity index (χ4v) is 2.02. The Morgan fingerprint density at radius 2 is 1.62 bits per heavy atom. The van der Waals surface area contributed by atoms with Gasteiger partial charge in [0.2, 0.25) is 0 Å². The molecule has 0 aliphatic rings. The summed E-state index contributed by atoms with van der Waals surface area (Å²) in [6, 6.07) is 0. The van der Waals surface area contributed by atoms with E-state index < -0.39 is 0 Å². The van der Waals surface area contributed by atoms with Crippen molar-refractivity contribution in [2.45, 2.75) is 46.6 Å². The molecule has 0 heterocycles. The molecule has 1 unspecified atom stereocenters. The first-order valence-electron chi connectivity index (χ1n) is 4.87. The van der Waals surface area contributed by atoms with Gasteiger partial charge in [-0.15, -0.1) is 0 Å². The summed E-state index contributed by atoms with van der Waals surface area (Å²) in [5.41, 5.74) is 1.11. The number of oxime groups is 1. The zero-order valence-corrected chi connectivity index (χ0v) is 12.0. The molecular weight excluding hydrogens is 178 g/mol. The van der Waals surface area contributed by atoms with Gasteiger partial charge < -0.3 is 5.21 Å². The quantitative estimate of drug-likeness (QED) is 0.315. The van der Waals surface area contributed by atoms with Crippen LogP contribution in [0.1, 0.15) is 41.5 Å². The van der Waals surface area contributed by atoms with Gasteiger partial charge in [-0.2, -0.15) is 0 Å². The largest absolute Gasteiger partial charge is 0.411 e. The maximum Gasteiger partial charge on any atom is 0.0623 e. The minimum atomic E-state index is 0.0654. The third-order valence-corrected chi connectivity index (χ3v) is 5.18. The highest BCUT2D eigenvalue weighted by atomic mass is 28.1. The van der Waals surface area contributed by atoms with Crippen LogP contribution in [0.5, 0.6) is 0 Å². The molecule has 0 aromatic rings. The fourth-order valence-electron chi connectivity index (χ4n) is 1.35. The van der Waals surface area contributed by atoms with Crippen LogP contribution in [-0.2, 0) is 0 Å². The second-order valence-electron chi connectivity index (χ2n) is 5.51. The van der Waals surface area contributed by atoms with Crippen molar-refractivity contribution < 1.29 is 5.21 Å². The van der Waals surface area contributed by atoms with Gasteiger partial charge in [0.1, 0.15) is 0 Å². The third-order valence-electron chi connectivity index (χ3n) is 3.17. The lowest BCUT2D eigenvalue weighted by Gasteiger charge is -2.40. The Morgan fingerprint density at radius 3 is 1.69 bits per heavy atom. The molecule has 0 amide bonds. The van der Waals surface area contributed by atoms with Gasteiger partial charge in [0, 0.05) is 10.2 Å². The highest BCUT2D eigenvalue weighted by Gasteiger charge is 2.38. The average molecular weight is 201 g/mol. The van der Waals surface area contributed by atoms with Crippen molar-refractivity contribution in [3.05, 3.63) is 0 Å². The lowest BCUT2D eigenvalue weighted by Crippen LogP contribution is -2.37. The van der Waals surface area contributed by atoms with Crippen LogP contribution in [0.15, 0.2) is 5.16 Å². The number of nitrogens with zero attached hydrogens (tertiary/aromatic N) is 1. The SMILES string of the molecule is CC(C)C(=NO)C(C)([SiH3])C(C)(C)C. The normalized spacial score (nSPS) is 19.2. The van der Waals surface area contributed by atoms with Gasteiger partial charge in [-0.3, -0.25) is 0 Å². The van der Waals surface area contributed by atoms with Gasteiger partial charge >= 0.3 is 0 Å². The summed E-state index contributed by atoms with van der Waals surface area (Å²) in [5.74, 6) is 0.326. The maximum atomic E-state index is 9.01. The number of hydrogen-bond donors (Lipinski definition) is 1. The van der Waals surface area contributed by atoms with Gasteiger partial charge in [-0.1, -0.05) is 46.7 Å². The summed E-state index contributed by atoms with van der Waals surface area (Å²) in [6.45, 7) is 13.0. The standard InChI is InChI=1S/C10H23NOSi/c1-7(2)8(11-12)10(6,13)9(3,4)5/h7,12H,1-6,13H3. The first kappa shape index (κ1) is 12.7. The first-order chi connectivity index (χ1) is 5.64. The van der Waals surface area contributed by atoms with E-state index in [1.54, 1.807) is 0 Å². The van der Waals surface area contributed by atoms with Crippen LogP contribution >= 0.6 is 0 Å². The predicted molar refractivity (Wildman–Crippen MR) is 61.8 cm³/mol. The van der Waals surface area contributed by atoms with Crippen molar-refractivity contribution in [1.29, 1.82) is 0 Å². The molecule has 0 rings (SSSR count). The molecule has 0 radical (unpaired) electrons. The van der Waals surface area contributed by atoms with Crippen LogP contribution in [-0.4, -0.2) is 21.2 Å². The van der Waals surface area contributed by atoms with Gasteiger partial charge in [0.25, 0.3) is 0 Å². The van der Waals surface area contributed by atoms with E-state index >= 15 is 0 Å². The highest BCUT2D eigenvalue weighted by Crippen LogP contribution is 2.45. The number of hydrogen-bond acceptors (Lipinski definition) is 2. The Morgan fingerprint density at radius 1 is 1.23 bits per heavy atom. The minimum absolute atomic E-state index is 0.0654. The smallest absolute Gasteiger partial charge is 0.0623 e. The lowest BCUT2D eigenvalue weighted by atomic mass is 9.75. The molecule has 0 aromatic heterocycles. The molecule has 0 saturated carbocycles. The molecule has 0 fully saturated rings. The molecule has 0 saturated heterocycles. The van der Waals surface area contributed by atoms with Crippen molar-refractivity contribution >= 4 is 16.0 Å². The first-order valence-corrected chi connectivity index (χ1v) is 5.87. The lowest BCUT2D eigenvalue weighted by molar-refractivity contribution is 0.291. The Bertz CT molecular complexity index is 201. The van der Waals surface area contributed by atoms with E-state index in [2.05, 4.69) is 46.7 Å². The van der Waals surface area contributed by atoms with Crippen LogP contribution in [0.25, 0.3) is 0 Å². The molecule has 0 spiro atoms. The molecule has 0 aromatic carbocycles. The maximum absolute atomic E-state index is 9.01. The van der Waals surface area contributed by atoms with Gasteiger partial charge in [0.15, 0.2) is 0 Å². The van der Waals surface area contributed by atoms with Crippen molar-refractivity contribution in [2.75, 3.05) is 0 Å². The summed E-state index contributed by atoms with van der Waals surface area (Å²) >= 11 is 0. The molecule has 0 aliphatic carbocycles. The van der Waals surface area contributed by atoms with Gasteiger partial charge in [-0.25, -0.2) is 0 Å². The monoisotopic (exact) mass is 201 g/mol. The fraction of sp³-hybridized carbons (Fsp3) is 0.900. The zero-order valence-electron chi connectivity index (χ0n) is 9.97. The molecule has 3 heteroatoms. The molecule has 78 valence electrons. The van der Waals surface area contributed by atoms with Gasteiger partial charge in [0.05, 0.1) is 5.71 Å². The van der Waals surface area contributed by atoms with Crippen molar-refractivity contribution in [1.82, 2.24) is 0 Å². The Labute approximate surface area is 84.8 Å². The molecular formula is C10H23NOSi. The van der Waals surface area contributed by atoms with Crippen LogP contribution in [0.4, 0.5) is 0 Å². The predicted octanol–water partition coefficient (Wildman–Crippen LogP) is 2.06. The Hall–Kier alpha value is -0.313. The Balaban J connectivity index is 5.03. The molecule has 0 bridgehead atoms. The van der Waals surface area contributed by atoms with Gasteiger partial charge in [-0.05, 0) is 16.4 Å². The van der Waals surface area contributed by atoms with Crippen LogP contribution in [0, 0.1) is 11.3 Å². The molecule has 1 atom stereocenters. The van der Waals surface area contributed by atoms with E-state index in [1.807, 2.05) is 0 Å². The second kappa shape index (κ2) is 3.82. The second-order valence-corrected chi connectivity index (χ2v) is 7.51. The molecule has 13 heavy (non-hydrogen) atoms. The topological polar surface area (TPSA) is 32.6 Å². The van der Waals surface area contributed by atoms with E-state index in [-0.39, 0.29) is 10.5 Å². The van der Waals surface area contributed by atoms with E-state index in [0.29, 0.717) is 5.92 Å². The average Bonchev–Trinajstić information content (AvgIpc) is 1.83. The van der Waals surface area contributed by atoms with Crippen LogP contribution in [0.2, 0.25) is 5.04 Å². The molecule has 2 nitrogen and oxygen atoms in total. The van der Waals surface area contributed by atoms with Crippen LogP contribution in [0.3, 0.4) is 0 Å².